The molecule has 2 heterocycles. The average molecular weight is 425 g/mol. The Morgan fingerprint density at radius 1 is 1.00 bits per heavy atom. The molecule has 1 aromatic heterocycles. The van der Waals surface area contributed by atoms with E-state index >= 15 is 0 Å². The Balaban J connectivity index is 1.29. The summed E-state index contributed by atoms with van der Waals surface area (Å²) in [7, 11) is 2.00. The monoisotopic (exact) mass is 424 g/mol. The van der Waals surface area contributed by atoms with Crippen LogP contribution in [0.2, 0.25) is 5.02 Å². The average Bonchev–Trinajstić information content (AvgIpc) is 3.06. The normalized spacial score (nSPS) is 14.8. The first kappa shape index (κ1) is 20.4. The number of para-hydroxylation sites is 2. The molecule has 3 aromatic rings. The fourth-order valence-electron chi connectivity index (χ4n) is 3.95. The lowest BCUT2D eigenvalue weighted by atomic mass is 10.1. The number of hydrogen-bond acceptors (Lipinski definition) is 3. The van der Waals surface area contributed by atoms with Gasteiger partial charge < -0.3 is 14.8 Å². The summed E-state index contributed by atoms with van der Waals surface area (Å²) in [5, 5.41) is 4.50. The Morgan fingerprint density at radius 3 is 2.47 bits per heavy atom. The minimum absolute atomic E-state index is 0.0985. The van der Waals surface area contributed by atoms with Crippen molar-refractivity contribution < 1.29 is 9.59 Å². The van der Waals surface area contributed by atoms with E-state index in [4.69, 9.17) is 11.6 Å². The molecule has 1 aliphatic rings. The summed E-state index contributed by atoms with van der Waals surface area (Å²) in [6, 6.07) is 15.3. The number of halogens is 1. The Bertz CT molecular complexity index is 1070. The fourth-order valence-corrected chi connectivity index (χ4v) is 4.13. The van der Waals surface area contributed by atoms with Crippen LogP contribution >= 0.6 is 11.6 Å². The third-order valence-electron chi connectivity index (χ3n) is 5.56. The Kier molecular flexibility index (Phi) is 6.06. The first-order valence-electron chi connectivity index (χ1n) is 10.1. The number of carbonyl (C=O) groups is 2. The molecular formula is C23H25ClN4O2. The summed E-state index contributed by atoms with van der Waals surface area (Å²) in [5.74, 6) is 0.0325. The van der Waals surface area contributed by atoms with Gasteiger partial charge >= 0.3 is 0 Å². The first-order chi connectivity index (χ1) is 14.5. The van der Waals surface area contributed by atoms with E-state index in [9.17, 15) is 9.59 Å². The van der Waals surface area contributed by atoms with E-state index in [2.05, 4.69) is 26.9 Å². The van der Waals surface area contributed by atoms with E-state index in [-0.39, 0.29) is 18.4 Å². The van der Waals surface area contributed by atoms with Crippen LogP contribution in [0.5, 0.6) is 0 Å². The Labute approximate surface area is 181 Å². The van der Waals surface area contributed by atoms with E-state index in [1.165, 1.54) is 0 Å². The minimum atomic E-state index is -0.0985. The molecule has 0 bridgehead atoms. The lowest BCUT2D eigenvalue weighted by Crippen LogP contribution is -2.50. The van der Waals surface area contributed by atoms with Crippen molar-refractivity contribution in [2.45, 2.75) is 6.42 Å². The number of fused-ring (bicyclic) bond motifs is 1. The van der Waals surface area contributed by atoms with Crippen LogP contribution < -0.4 is 5.32 Å². The summed E-state index contributed by atoms with van der Waals surface area (Å²) < 4.78 is 2.06. The van der Waals surface area contributed by atoms with Gasteiger partial charge in [0.05, 0.1) is 23.7 Å². The molecule has 2 amide bonds. The number of aryl methyl sites for hydroxylation is 1. The summed E-state index contributed by atoms with van der Waals surface area (Å²) in [5.41, 5.74) is 2.81. The SMILES string of the molecule is Cn1cc(CC(=O)N2CCN(CC(=O)Nc3ccccc3Cl)CC2)c2ccccc21. The summed E-state index contributed by atoms with van der Waals surface area (Å²) in [4.78, 5) is 29.1. The maximum absolute atomic E-state index is 12.8. The smallest absolute Gasteiger partial charge is 0.238 e. The Morgan fingerprint density at radius 2 is 1.70 bits per heavy atom. The second-order valence-corrected chi connectivity index (χ2v) is 8.05. The van der Waals surface area contributed by atoms with Gasteiger partial charge in [0.25, 0.3) is 0 Å². The highest BCUT2D eigenvalue weighted by Gasteiger charge is 2.23. The van der Waals surface area contributed by atoms with Crippen molar-refractivity contribution in [3.05, 3.63) is 65.3 Å². The topological polar surface area (TPSA) is 57.6 Å². The van der Waals surface area contributed by atoms with Gasteiger partial charge in [-0.2, -0.15) is 0 Å². The van der Waals surface area contributed by atoms with Crippen molar-refractivity contribution in [1.29, 1.82) is 0 Å². The van der Waals surface area contributed by atoms with E-state index < -0.39 is 0 Å². The maximum Gasteiger partial charge on any atom is 0.238 e. The summed E-state index contributed by atoms with van der Waals surface area (Å²) >= 11 is 6.10. The zero-order valence-corrected chi connectivity index (χ0v) is 17.7. The van der Waals surface area contributed by atoms with Gasteiger partial charge in [0.2, 0.25) is 11.8 Å². The first-order valence-corrected chi connectivity index (χ1v) is 10.5. The molecule has 30 heavy (non-hydrogen) atoms. The highest BCUT2D eigenvalue weighted by Crippen LogP contribution is 2.22. The van der Waals surface area contributed by atoms with Gasteiger partial charge in [0.1, 0.15) is 0 Å². The lowest BCUT2D eigenvalue weighted by molar-refractivity contribution is -0.132. The number of rotatable bonds is 5. The molecule has 1 aliphatic heterocycles. The molecule has 1 N–H and O–H groups in total. The highest BCUT2D eigenvalue weighted by atomic mass is 35.5. The van der Waals surface area contributed by atoms with Crippen LogP contribution in [0.3, 0.4) is 0 Å². The maximum atomic E-state index is 12.8. The zero-order valence-electron chi connectivity index (χ0n) is 17.0. The van der Waals surface area contributed by atoms with Crippen molar-refractivity contribution in [3.8, 4) is 0 Å². The number of hydrogen-bond donors (Lipinski definition) is 1. The number of aromatic nitrogens is 1. The van der Waals surface area contributed by atoms with E-state index in [1.54, 1.807) is 12.1 Å². The molecule has 0 aliphatic carbocycles. The molecule has 0 radical (unpaired) electrons. The van der Waals surface area contributed by atoms with Crippen molar-refractivity contribution in [2.24, 2.45) is 7.05 Å². The van der Waals surface area contributed by atoms with Crippen molar-refractivity contribution in [1.82, 2.24) is 14.4 Å². The molecule has 156 valence electrons. The van der Waals surface area contributed by atoms with E-state index in [0.717, 1.165) is 16.5 Å². The van der Waals surface area contributed by atoms with Gasteiger partial charge in [-0.05, 0) is 23.8 Å². The second kappa shape index (κ2) is 8.90. The number of benzene rings is 2. The fraction of sp³-hybridized carbons (Fsp3) is 0.304. The molecule has 1 fully saturated rings. The largest absolute Gasteiger partial charge is 0.350 e. The molecule has 0 atom stereocenters. The van der Waals surface area contributed by atoms with Crippen molar-refractivity contribution >= 4 is 40.0 Å². The van der Waals surface area contributed by atoms with Gasteiger partial charge in [-0.1, -0.05) is 41.9 Å². The molecule has 2 aromatic carbocycles. The molecule has 0 saturated carbocycles. The van der Waals surface area contributed by atoms with E-state index in [0.29, 0.717) is 43.3 Å². The van der Waals surface area contributed by atoms with Crippen LogP contribution in [0, 0.1) is 0 Å². The van der Waals surface area contributed by atoms with Crippen LogP contribution in [0.25, 0.3) is 10.9 Å². The number of nitrogens with zero attached hydrogens (tertiary/aromatic N) is 3. The van der Waals surface area contributed by atoms with Crippen LogP contribution in [0.1, 0.15) is 5.56 Å². The molecular weight excluding hydrogens is 400 g/mol. The van der Waals surface area contributed by atoms with Crippen LogP contribution in [0.4, 0.5) is 5.69 Å². The molecule has 0 spiro atoms. The molecule has 4 rings (SSSR count). The highest BCUT2D eigenvalue weighted by molar-refractivity contribution is 6.33. The van der Waals surface area contributed by atoms with Crippen LogP contribution in [0.15, 0.2) is 54.7 Å². The predicted molar refractivity (Wildman–Crippen MR) is 120 cm³/mol. The molecule has 1 saturated heterocycles. The van der Waals surface area contributed by atoms with Crippen molar-refractivity contribution in [2.75, 3.05) is 38.0 Å². The van der Waals surface area contributed by atoms with Gasteiger partial charge in [-0.3, -0.25) is 14.5 Å². The molecule has 7 heteroatoms. The van der Waals surface area contributed by atoms with Gasteiger partial charge in [-0.15, -0.1) is 0 Å². The number of amides is 2. The van der Waals surface area contributed by atoms with Gasteiger partial charge in [0, 0.05) is 50.3 Å². The minimum Gasteiger partial charge on any atom is -0.350 e. The third-order valence-corrected chi connectivity index (χ3v) is 5.89. The number of anilines is 1. The quantitative estimate of drug-likeness (QED) is 0.684. The van der Waals surface area contributed by atoms with Crippen LogP contribution in [-0.2, 0) is 23.1 Å². The van der Waals surface area contributed by atoms with Gasteiger partial charge in [0.15, 0.2) is 0 Å². The van der Waals surface area contributed by atoms with E-state index in [1.807, 2.05) is 42.4 Å². The predicted octanol–water partition coefficient (Wildman–Crippen LogP) is 3.16. The van der Waals surface area contributed by atoms with Crippen LogP contribution in [-0.4, -0.2) is 58.9 Å². The zero-order chi connectivity index (χ0) is 21.1. The summed E-state index contributed by atoms with van der Waals surface area (Å²) in [6.45, 7) is 2.90. The van der Waals surface area contributed by atoms with Gasteiger partial charge in [-0.25, -0.2) is 0 Å². The molecule has 0 unspecified atom stereocenters. The number of carbonyl (C=O) groups excluding carboxylic acids is 2. The lowest BCUT2D eigenvalue weighted by Gasteiger charge is -2.34. The standard InChI is InChI=1S/C23H25ClN4O2/c1-26-15-17(18-6-2-5-9-21(18)26)14-23(30)28-12-10-27(11-13-28)16-22(29)25-20-8-4-3-7-19(20)24/h2-9,15H,10-14,16H2,1H3,(H,25,29). The molecule has 6 nitrogen and oxygen atoms in total. The number of piperazine rings is 1. The summed E-state index contributed by atoms with van der Waals surface area (Å²) in [6.07, 6.45) is 2.44. The third kappa shape index (κ3) is 4.50. The number of nitrogens with one attached hydrogen (secondary N) is 1. The second-order valence-electron chi connectivity index (χ2n) is 7.64. The Hall–Kier alpha value is -2.83. The van der Waals surface area contributed by atoms with Crippen molar-refractivity contribution in [3.63, 3.8) is 0 Å².